The predicted octanol–water partition coefficient (Wildman–Crippen LogP) is 0.614. The largest absolute Gasteiger partial charge is 0.398 e. The number of rotatable bonds is 1. The molecule has 1 aromatic heterocycles. The number of anilines is 1. The highest BCUT2D eigenvalue weighted by molar-refractivity contribution is 5.83. The summed E-state index contributed by atoms with van der Waals surface area (Å²) in [6, 6.07) is 3.89. The van der Waals surface area contributed by atoms with Crippen LogP contribution in [0.2, 0.25) is 0 Å². The highest BCUT2D eigenvalue weighted by Gasteiger charge is 2.03. The van der Waals surface area contributed by atoms with Gasteiger partial charge in [0.1, 0.15) is 0 Å². The van der Waals surface area contributed by atoms with Gasteiger partial charge in [0.25, 0.3) is 0 Å². The number of hydrogen-bond donors (Lipinski definition) is 2. The number of hydrogen-bond acceptors (Lipinski definition) is 3. The highest BCUT2D eigenvalue weighted by atomic mass is 15.2. The number of fused-ring (bicyclic) bond motifs is 1. The maximum atomic E-state index is 5.80. The van der Waals surface area contributed by atoms with Crippen molar-refractivity contribution in [3.8, 4) is 0 Å². The van der Waals surface area contributed by atoms with Crippen molar-refractivity contribution in [3.05, 3.63) is 23.9 Å². The molecule has 0 unspecified atom stereocenters. The molecule has 0 aliphatic heterocycles. The average Bonchev–Trinajstić information content (AvgIpc) is 2.47. The Hall–Kier alpha value is -1.55. The molecule has 0 aliphatic carbocycles. The number of nitrogens with two attached hydrogens (primary N) is 2. The fourth-order valence-corrected chi connectivity index (χ4v) is 1.44. The maximum absolute atomic E-state index is 5.80. The van der Waals surface area contributed by atoms with Gasteiger partial charge in [0.15, 0.2) is 0 Å². The smallest absolute Gasteiger partial charge is 0.0699 e. The fourth-order valence-electron chi connectivity index (χ4n) is 1.44. The van der Waals surface area contributed by atoms with E-state index < -0.39 is 0 Å². The maximum Gasteiger partial charge on any atom is 0.0699 e. The first-order valence-electron chi connectivity index (χ1n) is 4.12. The minimum Gasteiger partial charge on any atom is -0.398 e. The first kappa shape index (κ1) is 8.07. The Kier molecular flexibility index (Phi) is 1.70. The van der Waals surface area contributed by atoms with Gasteiger partial charge in [-0.2, -0.15) is 5.10 Å². The zero-order valence-corrected chi connectivity index (χ0v) is 7.49. The Morgan fingerprint density at radius 2 is 2.23 bits per heavy atom. The third kappa shape index (κ3) is 1.15. The van der Waals surface area contributed by atoms with Crippen LogP contribution in [-0.2, 0) is 13.6 Å². The Morgan fingerprint density at radius 3 is 2.92 bits per heavy atom. The van der Waals surface area contributed by atoms with Gasteiger partial charge in [0, 0.05) is 24.7 Å². The Bertz CT molecular complexity index is 444. The van der Waals surface area contributed by atoms with E-state index in [1.165, 1.54) is 0 Å². The summed E-state index contributed by atoms with van der Waals surface area (Å²) < 4.78 is 1.80. The number of nitrogens with zero attached hydrogens (tertiary/aromatic N) is 2. The van der Waals surface area contributed by atoms with Crippen LogP contribution >= 0.6 is 0 Å². The lowest BCUT2D eigenvalue weighted by molar-refractivity contribution is 0.797. The molecule has 2 aromatic rings. The molecule has 2 rings (SSSR count). The summed E-state index contributed by atoms with van der Waals surface area (Å²) in [6.07, 6.45) is 1.81. The van der Waals surface area contributed by atoms with Crippen LogP contribution in [0.25, 0.3) is 10.9 Å². The normalized spacial score (nSPS) is 10.9. The topological polar surface area (TPSA) is 69.9 Å². The molecule has 0 radical (unpaired) electrons. The molecule has 0 fully saturated rings. The lowest BCUT2D eigenvalue weighted by Crippen LogP contribution is -2.01. The fraction of sp³-hybridized carbons (Fsp3) is 0.222. The van der Waals surface area contributed by atoms with Crippen LogP contribution < -0.4 is 11.5 Å². The molecular weight excluding hydrogens is 164 g/mol. The highest BCUT2D eigenvalue weighted by Crippen LogP contribution is 2.20. The second kappa shape index (κ2) is 2.74. The Labute approximate surface area is 76.1 Å². The SMILES string of the molecule is Cn1ncc2cc(CN)c(N)cc21. The second-order valence-corrected chi connectivity index (χ2v) is 3.08. The number of aryl methyl sites for hydroxylation is 1. The molecule has 4 N–H and O–H groups in total. The van der Waals surface area contributed by atoms with Crippen molar-refractivity contribution in [1.29, 1.82) is 0 Å². The van der Waals surface area contributed by atoms with Gasteiger partial charge in [-0.15, -0.1) is 0 Å². The molecule has 0 bridgehead atoms. The Morgan fingerprint density at radius 1 is 1.46 bits per heavy atom. The predicted molar refractivity (Wildman–Crippen MR) is 53.0 cm³/mol. The third-order valence-corrected chi connectivity index (χ3v) is 2.23. The van der Waals surface area contributed by atoms with E-state index in [4.69, 9.17) is 11.5 Å². The molecule has 68 valence electrons. The van der Waals surface area contributed by atoms with Gasteiger partial charge >= 0.3 is 0 Å². The van der Waals surface area contributed by atoms with Crippen LogP contribution in [0.1, 0.15) is 5.56 Å². The van der Waals surface area contributed by atoms with Crippen molar-refractivity contribution >= 4 is 16.6 Å². The van der Waals surface area contributed by atoms with Gasteiger partial charge in [-0.3, -0.25) is 4.68 Å². The number of benzene rings is 1. The molecule has 0 atom stereocenters. The minimum absolute atomic E-state index is 0.469. The average molecular weight is 176 g/mol. The summed E-state index contributed by atoms with van der Waals surface area (Å²) in [6.45, 7) is 0.469. The molecule has 0 saturated carbocycles. The van der Waals surface area contributed by atoms with Gasteiger partial charge in [-0.05, 0) is 17.7 Å². The van der Waals surface area contributed by atoms with Crippen LogP contribution in [0.4, 0.5) is 5.69 Å². The molecule has 0 aliphatic rings. The molecule has 4 nitrogen and oxygen atoms in total. The molecule has 4 heteroatoms. The summed E-state index contributed by atoms with van der Waals surface area (Å²) in [4.78, 5) is 0. The number of nitrogen functional groups attached to an aromatic ring is 1. The van der Waals surface area contributed by atoms with Crippen molar-refractivity contribution in [2.24, 2.45) is 12.8 Å². The minimum atomic E-state index is 0.469. The molecule has 1 aromatic carbocycles. The van der Waals surface area contributed by atoms with E-state index in [0.717, 1.165) is 22.2 Å². The van der Waals surface area contributed by atoms with Crippen molar-refractivity contribution in [2.75, 3.05) is 5.73 Å². The van der Waals surface area contributed by atoms with Crippen molar-refractivity contribution in [1.82, 2.24) is 9.78 Å². The molecule has 0 spiro atoms. The molecule has 1 heterocycles. The van der Waals surface area contributed by atoms with Gasteiger partial charge in [0.05, 0.1) is 11.7 Å². The Balaban J connectivity index is 2.76. The van der Waals surface area contributed by atoms with Crippen molar-refractivity contribution in [2.45, 2.75) is 6.54 Å². The second-order valence-electron chi connectivity index (χ2n) is 3.08. The monoisotopic (exact) mass is 176 g/mol. The van der Waals surface area contributed by atoms with Crippen LogP contribution in [0.5, 0.6) is 0 Å². The zero-order valence-electron chi connectivity index (χ0n) is 7.49. The zero-order chi connectivity index (χ0) is 9.42. The van der Waals surface area contributed by atoms with Crippen LogP contribution in [0, 0.1) is 0 Å². The van der Waals surface area contributed by atoms with Gasteiger partial charge in [-0.1, -0.05) is 0 Å². The number of aromatic nitrogens is 2. The summed E-state index contributed by atoms with van der Waals surface area (Å²) in [5.41, 5.74) is 14.1. The van der Waals surface area contributed by atoms with Crippen LogP contribution in [0.15, 0.2) is 18.3 Å². The molecular formula is C9H12N4. The molecule has 0 amide bonds. The lowest BCUT2D eigenvalue weighted by atomic mass is 10.1. The van der Waals surface area contributed by atoms with E-state index in [-0.39, 0.29) is 0 Å². The van der Waals surface area contributed by atoms with Gasteiger partial charge in [-0.25, -0.2) is 0 Å². The summed E-state index contributed by atoms with van der Waals surface area (Å²) in [7, 11) is 1.89. The first-order chi connectivity index (χ1) is 6.22. The quantitative estimate of drug-likeness (QED) is 0.625. The van der Waals surface area contributed by atoms with E-state index >= 15 is 0 Å². The van der Waals surface area contributed by atoms with Gasteiger partial charge < -0.3 is 11.5 Å². The van der Waals surface area contributed by atoms with Crippen molar-refractivity contribution < 1.29 is 0 Å². The van der Waals surface area contributed by atoms with E-state index in [2.05, 4.69) is 5.10 Å². The summed E-state index contributed by atoms with van der Waals surface area (Å²) >= 11 is 0. The lowest BCUT2D eigenvalue weighted by Gasteiger charge is -2.03. The first-order valence-corrected chi connectivity index (χ1v) is 4.12. The summed E-state index contributed by atoms with van der Waals surface area (Å²) in [5, 5.41) is 5.21. The van der Waals surface area contributed by atoms with E-state index in [1.807, 2.05) is 25.4 Å². The van der Waals surface area contributed by atoms with E-state index in [9.17, 15) is 0 Å². The summed E-state index contributed by atoms with van der Waals surface area (Å²) in [5.74, 6) is 0. The van der Waals surface area contributed by atoms with Crippen LogP contribution in [-0.4, -0.2) is 9.78 Å². The van der Waals surface area contributed by atoms with E-state index in [1.54, 1.807) is 4.68 Å². The van der Waals surface area contributed by atoms with Crippen molar-refractivity contribution in [3.63, 3.8) is 0 Å². The van der Waals surface area contributed by atoms with Gasteiger partial charge in [0.2, 0.25) is 0 Å². The molecule has 13 heavy (non-hydrogen) atoms. The standard InChI is InChI=1S/C9H12N4/c1-13-9-3-8(11)6(4-10)2-7(9)5-12-13/h2-3,5H,4,10-11H2,1H3. The third-order valence-electron chi connectivity index (χ3n) is 2.23. The van der Waals surface area contributed by atoms with Crippen LogP contribution in [0.3, 0.4) is 0 Å². The van der Waals surface area contributed by atoms with E-state index in [0.29, 0.717) is 6.54 Å². The molecule has 0 saturated heterocycles.